The average molecular weight is 392 g/mol. The summed E-state index contributed by atoms with van der Waals surface area (Å²) >= 11 is 7.27. The molecule has 0 bridgehead atoms. The van der Waals surface area contributed by atoms with Crippen LogP contribution in [0.25, 0.3) is 0 Å². The van der Waals surface area contributed by atoms with Gasteiger partial charge in [-0.1, -0.05) is 35.9 Å². The predicted octanol–water partition coefficient (Wildman–Crippen LogP) is 3.37. The monoisotopic (exact) mass is 391 g/mol. The Bertz CT molecular complexity index is 766. The molecule has 0 spiro atoms. The van der Waals surface area contributed by atoms with Crippen LogP contribution in [0.4, 0.5) is 5.69 Å². The molecule has 26 heavy (non-hydrogen) atoms. The Morgan fingerprint density at radius 1 is 1.31 bits per heavy atom. The number of carbonyl (C=O) groups is 1. The van der Waals surface area contributed by atoms with E-state index >= 15 is 0 Å². The number of hydrogen-bond acceptors (Lipinski definition) is 5. The summed E-state index contributed by atoms with van der Waals surface area (Å²) in [6.45, 7) is 2.40. The zero-order valence-electron chi connectivity index (χ0n) is 14.3. The first-order valence-corrected chi connectivity index (χ1v) is 9.76. The summed E-state index contributed by atoms with van der Waals surface area (Å²) in [5.74, 6) is -0.118. The second-order valence-electron chi connectivity index (χ2n) is 6.18. The molecule has 1 atom stereocenters. The van der Waals surface area contributed by atoms with Gasteiger partial charge in [-0.25, -0.2) is 0 Å². The van der Waals surface area contributed by atoms with Crippen molar-refractivity contribution in [3.05, 3.63) is 58.6 Å². The lowest BCUT2D eigenvalue weighted by Gasteiger charge is -2.14. The highest BCUT2D eigenvalue weighted by Gasteiger charge is 2.16. The van der Waals surface area contributed by atoms with E-state index in [9.17, 15) is 4.79 Å². The lowest BCUT2D eigenvalue weighted by Crippen LogP contribution is -2.17. The van der Waals surface area contributed by atoms with Crippen LogP contribution in [0, 0.1) is 0 Å². The quantitative estimate of drug-likeness (QED) is 0.631. The van der Waals surface area contributed by atoms with Gasteiger partial charge >= 0.3 is 0 Å². The van der Waals surface area contributed by atoms with Gasteiger partial charge in [0, 0.05) is 22.2 Å². The number of ether oxygens (including phenoxy) is 1. The molecule has 1 fully saturated rings. The molecule has 0 saturated carbocycles. The summed E-state index contributed by atoms with van der Waals surface area (Å²) in [6.07, 6.45) is 1.51. The molecule has 1 saturated heterocycles. The van der Waals surface area contributed by atoms with Crippen molar-refractivity contribution >= 4 is 35.1 Å². The van der Waals surface area contributed by atoms with E-state index in [-0.39, 0.29) is 18.4 Å². The SMILES string of the molecule is NSc1cc(NC(=O)Cc2ccccc2Cl)ccc1COC1CCNC1. The van der Waals surface area contributed by atoms with Gasteiger partial charge in [-0.3, -0.25) is 9.93 Å². The molecule has 3 rings (SSSR count). The van der Waals surface area contributed by atoms with E-state index in [1.165, 1.54) is 0 Å². The second kappa shape index (κ2) is 9.39. The van der Waals surface area contributed by atoms with Crippen molar-refractivity contribution in [3.63, 3.8) is 0 Å². The first-order chi connectivity index (χ1) is 12.7. The predicted molar refractivity (Wildman–Crippen MR) is 106 cm³/mol. The highest BCUT2D eigenvalue weighted by molar-refractivity contribution is 7.97. The Balaban J connectivity index is 1.61. The zero-order chi connectivity index (χ0) is 18.4. The fourth-order valence-corrected chi connectivity index (χ4v) is 3.54. The number of rotatable bonds is 7. The van der Waals surface area contributed by atoms with Gasteiger partial charge in [-0.2, -0.15) is 0 Å². The van der Waals surface area contributed by atoms with Crippen molar-refractivity contribution in [2.24, 2.45) is 5.14 Å². The summed E-state index contributed by atoms with van der Waals surface area (Å²) in [4.78, 5) is 13.2. The smallest absolute Gasteiger partial charge is 0.228 e. The van der Waals surface area contributed by atoms with Crippen LogP contribution in [-0.4, -0.2) is 25.1 Å². The Morgan fingerprint density at radius 2 is 2.15 bits per heavy atom. The third kappa shape index (κ3) is 5.22. The minimum atomic E-state index is -0.118. The van der Waals surface area contributed by atoms with Crippen LogP contribution in [0.3, 0.4) is 0 Å². The summed E-state index contributed by atoms with van der Waals surface area (Å²) in [5, 5.41) is 12.6. The van der Waals surface area contributed by atoms with Crippen LogP contribution in [0.5, 0.6) is 0 Å². The molecule has 2 aromatic rings. The Kier molecular flexibility index (Phi) is 6.93. The van der Waals surface area contributed by atoms with Gasteiger partial charge in [0.05, 0.1) is 19.1 Å². The topological polar surface area (TPSA) is 76.4 Å². The maximum Gasteiger partial charge on any atom is 0.228 e. The van der Waals surface area contributed by atoms with Gasteiger partial charge in [-0.15, -0.1) is 0 Å². The van der Waals surface area contributed by atoms with Gasteiger partial charge in [0.25, 0.3) is 0 Å². The average Bonchev–Trinajstić information content (AvgIpc) is 3.16. The molecule has 7 heteroatoms. The van der Waals surface area contributed by atoms with Crippen molar-refractivity contribution < 1.29 is 9.53 Å². The minimum absolute atomic E-state index is 0.118. The first kappa shape index (κ1) is 19.2. The zero-order valence-corrected chi connectivity index (χ0v) is 15.9. The Labute approximate surface area is 162 Å². The summed E-state index contributed by atoms with van der Waals surface area (Å²) in [6, 6.07) is 13.0. The molecular weight excluding hydrogens is 370 g/mol. The lowest BCUT2D eigenvalue weighted by molar-refractivity contribution is -0.115. The molecule has 0 aromatic heterocycles. The van der Waals surface area contributed by atoms with Crippen molar-refractivity contribution in [1.29, 1.82) is 0 Å². The highest BCUT2D eigenvalue weighted by Crippen LogP contribution is 2.25. The number of nitrogens with one attached hydrogen (secondary N) is 2. The van der Waals surface area contributed by atoms with Gasteiger partial charge < -0.3 is 15.4 Å². The van der Waals surface area contributed by atoms with Crippen LogP contribution >= 0.6 is 23.5 Å². The third-order valence-corrected chi connectivity index (χ3v) is 5.28. The van der Waals surface area contributed by atoms with Gasteiger partial charge in [0.1, 0.15) is 0 Å². The molecule has 1 amide bonds. The fraction of sp³-hybridized carbons (Fsp3) is 0.316. The molecule has 4 N–H and O–H groups in total. The van der Waals surface area contributed by atoms with E-state index in [1.807, 2.05) is 36.4 Å². The number of benzene rings is 2. The highest BCUT2D eigenvalue weighted by atomic mass is 35.5. The molecule has 0 aliphatic carbocycles. The molecule has 1 aliphatic heterocycles. The van der Waals surface area contributed by atoms with Gasteiger partial charge in [0.2, 0.25) is 5.91 Å². The van der Waals surface area contributed by atoms with Gasteiger partial charge in [0.15, 0.2) is 0 Å². The van der Waals surface area contributed by atoms with E-state index in [0.717, 1.165) is 47.5 Å². The van der Waals surface area contributed by atoms with Crippen molar-refractivity contribution in [1.82, 2.24) is 5.32 Å². The lowest BCUT2D eigenvalue weighted by atomic mass is 10.1. The molecule has 1 unspecified atom stereocenters. The summed E-state index contributed by atoms with van der Waals surface area (Å²) in [7, 11) is 0. The number of anilines is 1. The number of carbonyl (C=O) groups excluding carboxylic acids is 1. The number of halogens is 1. The molecule has 1 heterocycles. The first-order valence-electron chi connectivity index (χ1n) is 8.51. The normalized spacial score (nSPS) is 16.6. The largest absolute Gasteiger partial charge is 0.372 e. The van der Waals surface area contributed by atoms with Crippen molar-refractivity contribution in [2.75, 3.05) is 18.4 Å². The van der Waals surface area contributed by atoms with Crippen LogP contribution in [-0.2, 0) is 22.6 Å². The van der Waals surface area contributed by atoms with Crippen LogP contribution in [0.2, 0.25) is 5.02 Å². The van der Waals surface area contributed by atoms with Crippen molar-refractivity contribution in [2.45, 2.75) is 30.4 Å². The summed E-state index contributed by atoms with van der Waals surface area (Å²) < 4.78 is 5.91. The fourth-order valence-electron chi connectivity index (χ4n) is 2.86. The van der Waals surface area contributed by atoms with E-state index in [4.69, 9.17) is 21.5 Å². The maximum atomic E-state index is 12.3. The van der Waals surface area contributed by atoms with Crippen molar-refractivity contribution in [3.8, 4) is 0 Å². The Morgan fingerprint density at radius 3 is 2.88 bits per heavy atom. The summed E-state index contributed by atoms with van der Waals surface area (Å²) in [5.41, 5.74) is 2.53. The molecule has 0 radical (unpaired) electrons. The second-order valence-corrected chi connectivity index (χ2v) is 7.27. The molecular formula is C19H22ClN3O2S. The van der Waals surface area contributed by atoms with Crippen LogP contribution < -0.4 is 15.8 Å². The van der Waals surface area contributed by atoms with Crippen LogP contribution in [0.1, 0.15) is 17.5 Å². The number of nitrogens with two attached hydrogens (primary N) is 1. The molecule has 138 valence electrons. The van der Waals surface area contributed by atoms with E-state index in [0.29, 0.717) is 17.3 Å². The molecule has 1 aliphatic rings. The van der Waals surface area contributed by atoms with Gasteiger partial charge in [-0.05, 0) is 54.2 Å². The van der Waals surface area contributed by atoms with E-state index < -0.39 is 0 Å². The Hall–Kier alpha value is -1.57. The minimum Gasteiger partial charge on any atom is -0.372 e. The third-order valence-electron chi connectivity index (χ3n) is 4.28. The molecule has 5 nitrogen and oxygen atoms in total. The molecule has 2 aromatic carbocycles. The number of amides is 1. The maximum absolute atomic E-state index is 12.3. The standard InChI is InChI=1S/C19H22ClN3O2S/c20-17-4-2-1-3-13(17)9-19(24)23-15-6-5-14(18(10-15)26-21)12-25-16-7-8-22-11-16/h1-6,10,16,22H,7-9,11-12,21H2,(H,23,24). The van der Waals surface area contributed by atoms with Crippen LogP contribution in [0.15, 0.2) is 47.4 Å². The van der Waals surface area contributed by atoms with E-state index in [2.05, 4.69) is 10.6 Å². The van der Waals surface area contributed by atoms with E-state index in [1.54, 1.807) is 6.07 Å². The number of hydrogen-bond donors (Lipinski definition) is 3.